The minimum absolute atomic E-state index is 0.0452. The van der Waals surface area contributed by atoms with Gasteiger partial charge in [0.05, 0.1) is 5.69 Å². The van der Waals surface area contributed by atoms with Crippen LogP contribution in [0.15, 0.2) is 21.9 Å². The van der Waals surface area contributed by atoms with Gasteiger partial charge in [-0.25, -0.2) is 0 Å². The number of rotatable bonds is 6. The number of nitrogens with zero attached hydrogens (tertiary/aromatic N) is 3. The van der Waals surface area contributed by atoms with E-state index < -0.39 is 0 Å². The van der Waals surface area contributed by atoms with Crippen molar-refractivity contribution in [1.82, 2.24) is 14.1 Å². The van der Waals surface area contributed by atoms with Crippen molar-refractivity contribution in [2.45, 2.75) is 33.6 Å². The van der Waals surface area contributed by atoms with Gasteiger partial charge in [0.1, 0.15) is 10.9 Å². The highest BCUT2D eigenvalue weighted by Crippen LogP contribution is 2.37. The van der Waals surface area contributed by atoms with E-state index in [0.29, 0.717) is 15.9 Å². The van der Waals surface area contributed by atoms with Crippen LogP contribution in [0.3, 0.4) is 0 Å². The minimum Gasteiger partial charge on any atom is -0.383 e. The van der Waals surface area contributed by atoms with Crippen LogP contribution in [0.25, 0.3) is 5.57 Å². The number of halogens is 2. The van der Waals surface area contributed by atoms with Crippen LogP contribution in [-0.4, -0.2) is 34.5 Å². The third kappa shape index (κ3) is 4.01. The number of allylic oxidation sites excluding steroid dienone is 3. The summed E-state index contributed by atoms with van der Waals surface area (Å²) < 4.78 is 15.2. The van der Waals surface area contributed by atoms with Crippen LogP contribution in [0.4, 0.5) is 3.89 Å². The summed E-state index contributed by atoms with van der Waals surface area (Å²) in [4.78, 5) is 13.0. The van der Waals surface area contributed by atoms with Crippen molar-refractivity contribution in [2.24, 2.45) is 0 Å². The molecule has 1 rings (SSSR count). The Bertz CT molecular complexity index is 621. The second-order valence-electron chi connectivity index (χ2n) is 5.58. The fourth-order valence-corrected chi connectivity index (χ4v) is 3.38. The largest absolute Gasteiger partial charge is 0.383 e. The molecule has 0 saturated heterocycles. The van der Waals surface area contributed by atoms with Crippen LogP contribution in [0, 0.1) is 0 Å². The lowest BCUT2D eigenvalue weighted by atomic mass is 9.94. The summed E-state index contributed by atoms with van der Waals surface area (Å²) in [6.07, 6.45) is 2.69. The highest BCUT2D eigenvalue weighted by atomic mass is 79.9. The Kier molecular flexibility index (Phi) is 6.87. The molecular formula is C15H21BrFN3OS. The number of aromatic nitrogens is 2. The number of hydrogen-bond donors (Lipinski definition) is 0. The average Bonchev–Trinajstić information content (AvgIpc) is 2.79. The zero-order valence-corrected chi connectivity index (χ0v) is 16.0. The molecule has 1 aromatic heterocycles. The molecule has 0 bridgehead atoms. The van der Waals surface area contributed by atoms with Gasteiger partial charge in [0.15, 0.2) is 12.3 Å². The Hall–Kier alpha value is -1.08. The molecule has 1 heterocycles. The number of aldehydes is 1. The lowest BCUT2D eigenvalue weighted by Gasteiger charge is -2.17. The van der Waals surface area contributed by atoms with Gasteiger partial charge in [-0.1, -0.05) is 13.8 Å². The third-order valence-electron chi connectivity index (χ3n) is 3.30. The molecule has 0 aliphatic carbocycles. The summed E-state index contributed by atoms with van der Waals surface area (Å²) in [6, 6.07) is 0. The molecule has 0 aliphatic heterocycles. The van der Waals surface area contributed by atoms with Crippen LogP contribution in [0.5, 0.6) is 0 Å². The predicted molar refractivity (Wildman–Crippen MR) is 94.2 cm³/mol. The van der Waals surface area contributed by atoms with Crippen molar-refractivity contribution < 1.29 is 8.68 Å². The van der Waals surface area contributed by atoms with Gasteiger partial charge in [0.25, 0.3) is 0 Å². The Morgan fingerprint density at radius 1 is 1.41 bits per heavy atom. The Morgan fingerprint density at radius 3 is 2.41 bits per heavy atom. The first kappa shape index (κ1) is 19.0. The Labute approximate surface area is 144 Å². The molecule has 0 aromatic carbocycles. The van der Waals surface area contributed by atoms with Crippen molar-refractivity contribution >= 4 is 40.1 Å². The van der Waals surface area contributed by atoms with E-state index in [2.05, 4.69) is 21.0 Å². The molecule has 0 unspecified atom stereocenters. The maximum absolute atomic E-state index is 13.4. The number of carbonyl (C=O) groups is 1. The van der Waals surface area contributed by atoms with Gasteiger partial charge < -0.3 is 4.90 Å². The molecule has 0 spiro atoms. The van der Waals surface area contributed by atoms with E-state index in [-0.39, 0.29) is 18.3 Å². The van der Waals surface area contributed by atoms with Gasteiger partial charge in [-0.15, -0.1) is 3.89 Å². The quantitative estimate of drug-likeness (QED) is 0.405. The van der Waals surface area contributed by atoms with Gasteiger partial charge in [-0.05, 0) is 46.8 Å². The second kappa shape index (κ2) is 7.97. The van der Waals surface area contributed by atoms with Crippen LogP contribution < -0.4 is 0 Å². The first-order valence-electron chi connectivity index (χ1n) is 6.83. The molecule has 0 radical (unpaired) electrons. The zero-order valence-electron chi connectivity index (χ0n) is 13.6. The van der Waals surface area contributed by atoms with Gasteiger partial charge in [0, 0.05) is 31.4 Å². The van der Waals surface area contributed by atoms with E-state index in [4.69, 9.17) is 0 Å². The van der Waals surface area contributed by atoms with E-state index in [1.165, 1.54) is 4.09 Å². The molecule has 0 amide bonds. The minimum atomic E-state index is 0.0452. The molecule has 0 N–H and O–H groups in total. The van der Waals surface area contributed by atoms with E-state index in [1.54, 1.807) is 6.92 Å². The average molecular weight is 390 g/mol. The maximum Gasteiger partial charge on any atom is 0.188 e. The van der Waals surface area contributed by atoms with Gasteiger partial charge in [-0.2, -0.15) is 9.19 Å². The third-order valence-corrected chi connectivity index (χ3v) is 4.29. The monoisotopic (exact) mass is 389 g/mol. The standard InChI is InChI=1S/C15H21BrFN3OS/c1-9(2)13-14(20(22-17)18-15(13)16)12(7-19(5)6)11(4)10(3)8-21/h7-9H,1-6H3/b11-10-,12-7+. The summed E-state index contributed by atoms with van der Waals surface area (Å²) >= 11 is 3.45. The molecule has 0 aliphatic rings. The zero-order chi connectivity index (χ0) is 17.0. The number of carbonyl (C=O) groups excluding carboxylic acids is 1. The smallest absolute Gasteiger partial charge is 0.188 e. The van der Waals surface area contributed by atoms with E-state index in [0.717, 1.165) is 23.0 Å². The van der Waals surface area contributed by atoms with Crippen LogP contribution in [-0.2, 0) is 4.79 Å². The molecule has 22 heavy (non-hydrogen) atoms. The second-order valence-corrected chi connectivity index (χ2v) is 6.82. The fraction of sp³-hybridized carbons (Fsp3) is 0.467. The molecule has 0 saturated carbocycles. The van der Waals surface area contributed by atoms with Crippen molar-refractivity contribution in [2.75, 3.05) is 14.1 Å². The maximum atomic E-state index is 13.4. The normalized spacial score (nSPS) is 13.4. The highest BCUT2D eigenvalue weighted by molar-refractivity contribution is 9.10. The molecule has 7 heteroatoms. The SMILES string of the molecule is C/C(C=O)=C(C)/C(=C\N(C)C)c1c(C(C)C)c(Br)nn1SF. The fourth-order valence-electron chi connectivity index (χ4n) is 2.09. The van der Waals surface area contributed by atoms with Crippen LogP contribution >= 0.6 is 28.3 Å². The van der Waals surface area contributed by atoms with Crippen molar-refractivity contribution in [3.8, 4) is 0 Å². The first-order valence-corrected chi connectivity index (χ1v) is 8.30. The van der Waals surface area contributed by atoms with E-state index in [9.17, 15) is 8.68 Å². The lowest BCUT2D eigenvalue weighted by molar-refractivity contribution is -0.104. The summed E-state index contributed by atoms with van der Waals surface area (Å²) in [5, 5.41) is 4.20. The molecular weight excluding hydrogens is 369 g/mol. The predicted octanol–water partition coefficient (Wildman–Crippen LogP) is 4.59. The summed E-state index contributed by atoms with van der Waals surface area (Å²) in [7, 11) is 3.77. The van der Waals surface area contributed by atoms with Gasteiger partial charge in [-0.3, -0.25) is 4.79 Å². The van der Waals surface area contributed by atoms with Crippen molar-refractivity contribution in [1.29, 1.82) is 0 Å². The Balaban J connectivity index is 3.74. The van der Waals surface area contributed by atoms with Gasteiger partial charge in [0.2, 0.25) is 0 Å². The van der Waals surface area contributed by atoms with Crippen LogP contribution in [0.2, 0.25) is 0 Å². The molecule has 4 nitrogen and oxygen atoms in total. The van der Waals surface area contributed by atoms with Crippen molar-refractivity contribution in [3.63, 3.8) is 0 Å². The van der Waals surface area contributed by atoms with E-state index in [1.807, 2.05) is 46.0 Å². The molecule has 122 valence electrons. The molecule has 0 atom stereocenters. The summed E-state index contributed by atoms with van der Waals surface area (Å²) in [5.74, 6) is 0.153. The number of hydrogen-bond acceptors (Lipinski definition) is 4. The van der Waals surface area contributed by atoms with E-state index >= 15 is 0 Å². The first-order chi connectivity index (χ1) is 10.2. The van der Waals surface area contributed by atoms with Crippen molar-refractivity contribution in [3.05, 3.63) is 33.2 Å². The molecule has 0 fully saturated rings. The summed E-state index contributed by atoms with van der Waals surface area (Å²) in [6.45, 7) is 7.66. The topological polar surface area (TPSA) is 38.1 Å². The summed E-state index contributed by atoms with van der Waals surface area (Å²) in [5.41, 5.74) is 3.77. The van der Waals surface area contributed by atoms with Gasteiger partial charge >= 0.3 is 0 Å². The van der Waals surface area contributed by atoms with Crippen LogP contribution in [0.1, 0.15) is 44.9 Å². The molecule has 1 aromatic rings. The highest BCUT2D eigenvalue weighted by Gasteiger charge is 2.24. The lowest BCUT2D eigenvalue weighted by Crippen LogP contribution is -2.08. The Morgan fingerprint density at radius 2 is 2.00 bits per heavy atom.